The van der Waals surface area contributed by atoms with Gasteiger partial charge in [-0.1, -0.05) is 6.42 Å². The second-order valence-corrected chi connectivity index (χ2v) is 8.34. The van der Waals surface area contributed by atoms with E-state index in [1.54, 1.807) is 35.0 Å². The second-order valence-electron chi connectivity index (χ2n) is 5.55. The molecule has 0 aliphatic carbocycles. The summed E-state index contributed by atoms with van der Waals surface area (Å²) in [5.41, 5.74) is 0.592. The molecule has 4 rings (SSSR count). The average Bonchev–Trinajstić information content (AvgIpc) is 3.24. The van der Waals surface area contributed by atoms with Gasteiger partial charge in [-0.3, -0.25) is 0 Å². The number of aromatic amines is 1. The van der Waals surface area contributed by atoms with E-state index in [0.717, 1.165) is 24.3 Å². The van der Waals surface area contributed by atoms with E-state index in [2.05, 4.69) is 15.0 Å². The molecule has 1 aliphatic rings. The highest BCUT2D eigenvalue weighted by atomic mass is 32.2. The van der Waals surface area contributed by atoms with Crippen molar-refractivity contribution in [1.82, 2.24) is 19.3 Å². The topological polar surface area (TPSA) is 79.0 Å². The maximum absolute atomic E-state index is 13.2. The molecule has 1 aliphatic heterocycles. The highest BCUT2D eigenvalue weighted by molar-refractivity contribution is 7.89. The number of nitrogens with one attached hydrogen (secondary N) is 1. The lowest BCUT2D eigenvalue weighted by Crippen LogP contribution is -2.38. The van der Waals surface area contributed by atoms with Crippen molar-refractivity contribution in [1.29, 1.82) is 0 Å². The van der Waals surface area contributed by atoms with Crippen LogP contribution < -0.4 is 0 Å². The van der Waals surface area contributed by atoms with Crippen molar-refractivity contribution in [3.8, 4) is 0 Å². The molecular formula is C15H16N4O2S2. The Hall–Kier alpha value is -1.77. The van der Waals surface area contributed by atoms with Crippen LogP contribution in [0.4, 0.5) is 0 Å². The Morgan fingerprint density at radius 1 is 1.26 bits per heavy atom. The zero-order chi connectivity index (χ0) is 15.9. The average molecular weight is 348 g/mol. The molecule has 0 radical (unpaired) electrons. The lowest BCUT2D eigenvalue weighted by Gasteiger charge is -2.33. The smallest absolute Gasteiger partial charge is 0.245 e. The van der Waals surface area contributed by atoms with Crippen molar-refractivity contribution >= 4 is 32.4 Å². The van der Waals surface area contributed by atoms with Gasteiger partial charge in [-0.15, -0.1) is 11.3 Å². The molecule has 120 valence electrons. The summed E-state index contributed by atoms with van der Waals surface area (Å²) in [5, 5.41) is 3.40. The molecule has 0 unspecified atom stereocenters. The Morgan fingerprint density at radius 2 is 2.17 bits per heavy atom. The zero-order valence-electron chi connectivity index (χ0n) is 12.3. The normalized spacial score (nSPS) is 20.1. The molecule has 1 saturated heterocycles. The van der Waals surface area contributed by atoms with Gasteiger partial charge in [0.2, 0.25) is 10.0 Å². The van der Waals surface area contributed by atoms with Gasteiger partial charge >= 0.3 is 0 Å². The molecule has 4 heterocycles. The molecule has 1 N–H and O–H groups in total. The first-order valence-electron chi connectivity index (χ1n) is 7.51. The Labute approximate surface area is 138 Å². The number of hydrogen-bond acceptors (Lipinski definition) is 5. The number of piperidine rings is 1. The molecule has 0 bridgehead atoms. The monoisotopic (exact) mass is 348 g/mol. The number of aromatic nitrogens is 3. The zero-order valence-corrected chi connectivity index (χ0v) is 14.0. The number of fused-ring (bicyclic) bond motifs is 1. The molecule has 0 amide bonds. The van der Waals surface area contributed by atoms with Gasteiger partial charge in [-0.2, -0.15) is 4.31 Å². The number of pyridine rings is 1. The summed E-state index contributed by atoms with van der Waals surface area (Å²) in [7, 11) is -3.59. The van der Waals surface area contributed by atoms with Gasteiger partial charge in [0, 0.05) is 35.9 Å². The van der Waals surface area contributed by atoms with Crippen LogP contribution in [-0.4, -0.2) is 34.2 Å². The lowest BCUT2D eigenvalue weighted by molar-refractivity contribution is 0.255. The van der Waals surface area contributed by atoms with E-state index in [-0.39, 0.29) is 6.04 Å². The standard InChI is InChI=1S/C15H16N4O2S2/c20-23(21,13-10-18-14-11(13)4-3-6-16-14)19-8-2-1-5-12(19)15-17-7-9-22-15/h3-4,6-7,9-10,12H,1-2,5,8H2,(H,16,18)/t12-/m0/s1. The molecule has 1 atom stereocenters. The Bertz CT molecular complexity index is 918. The number of H-pyrrole nitrogens is 1. The van der Waals surface area contributed by atoms with Crippen molar-refractivity contribution in [3.63, 3.8) is 0 Å². The van der Waals surface area contributed by atoms with E-state index >= 15 is 0 Å². The number of hydrogen-bond donors (Lipinski definition) is 1. The van der Waals surface area contributed by atoms with E-state index in [9.17, 15) is 8.42 Å². The molecule has 0 saturated carbocycles. The van der Waals surface area contributed by atoms with E-state index in [1.165, 1.54) is 11.3 Å². The van der Waals surface area contributed by atoms with Crippen LogP contribution in [0.2, 0.25) is 0 Å². The highest BCUT2D eigenvalue weighted by Crippen LogP contribution is 2.37. The summed E-state index contributed by atoms with van der Waals surface area (Å²) in [6.07, 6.45) is 7.63. The molecule has 23 heavy (non-hydrogen) atoms. The van der Waals surface area contributed by atoms with Crippen molar-refractivity contribution in [2.45, 2.75) is 30.2 Å². The van der Waals surface area contributed by atoms with Gasteiger partial charge in [-0.05, 0) is 25.0 Å². The third-order valence-electron chi connectivity index (χ3n) is 4.19. The fourth-order valence-corrected chi connectivity index (χ4v) is 5.77. The summed E-state index contributed by atoms with van der Waals surface area (Å²) in [6.45, 7) is 0.527. The summed E-state index contributed by atoms with van der Waals surface area (Å²) in [4.78, 5) is 11.8. The SMILES string of the molecule is O=S(=O)(c1c[nH]c2ncccc12)N1CCCC[C@H]1c1nccs1. The van der Waals surface area contributed by atoms with E-state index in [4.69, 9.17) is 0 Å². The van der Waals surface area contributed by atoms with Crippen LogP contribution in [0.5, 0.6) is 0 Å². The van der Waals surface area contributed by atoms with Crippen LogP contribution in [0.15, 0.2) is 41.0 Å². The van der Waals surface area contributed by atoms with Gasteiger partial charge < -0.3 is 4.98 Å². The quantitative estimate of drug-likeness (QED) is 0.789. The first kappa shape index (κ1) is 14.8. The van der Waals surface area contributed by atoms with E-state index in [1.807, 2.05) is 5.38 Å². The van der Waals surface area contributed by atoms with Gasteiger partial charge in [0.25, 0.3) is 0 Å². The number of sulfonamides is 1. The maximum atomic E-state index is 13.2. The largest absolute Gasteiger partial charge is 0.345 e. The molecule has 0 spiro atoms. The van der Waals surface area contributed by atoms with Crippen LogP contribution in [0, 0.1) is 0 Å². The first-order chi connectivity index (χ1) is 11.2. The van der Waals surface area contributed by atoms with Crippen molar-refractivity contribution < 1.29 is 8.42 Å². The Morgan fingerprint density at radius 3 is 3.00 bits per heavy atom. The van der Waals surface area contributed by atoms with Crippen LogP contribution in [0.1, 0.15) is 30.3 Å². The van der Waals surface area contributed by atoms with Crippen molar-refractivity contribution in [3.05, 3.63) is 41.1 Å². The lowest BCUT2D eigenvalue weighted by atomic mass is 10.1. The number of rotatable bonds is 3. The second kappa shape index (κ2) is 5.70. The third kappa shape index (κ3) is 2.46. The molecule has 1 fully saturated rings. The van der Waals surface area contributed by atoms with Gasteiger partial charge in [0.15, 0.2) is 0 Å². The van der Waals surface area contributed by atoms with Crippen LogP contribution in [0.25, 0.3) is 11.0 Å². The minimum atomic E-state index is -3.59. The molecule has 6 nitrogen and oxygen atoms in total. The summed E-state index contributed by atoms with van der Waals surface area (Å²) in [6, 6.07) is 3.37. The number of thiazole rings is 1. The van der Waals surface area contributed by atoms with Crippen LogP contribution in [0.3, 0.4) is 0 Å². The van der Waals surface area contributed by atoms with Gasteiger partial charge in [0.05, 0.1) is 6.04 Å². The van der Waals surface area contributed by atoms with Crippen molar-refractivity contribution in [2.75, 3.05) is 6.54 Å². The van der Waals surface area contributed by atoms with Crippen LogP contribution >= 0.6 is 11.3 Å². The highest BCUT2D eigenvalue weighted by Gasteiger charge is 2.36. The predicted octanol–water partition coefficient (Wildman–Crippen LogP) is 2.94. The fourth-order valence-electron chi connectivity index (χ4n) is 3.11. The molecule has 3 aromatic rings. The van der Waals surface area contributed by atoms with Crippen molar-refractivity contribution in [2.24, 2.45) is 0 Å². The maximum Gasteiger partial charge on any atom is 0.245 e. The molecule has 8 heteroatoms. The summed E-state index contributed by atoms with van der Waals surface area (Å²) in [5.74, 6) is 0. The first-order valence-corrected chi connectivity index (χ1v) is 9.83. The van der Waals surface area contributed by atoms with Gasteiger partial charge in [0.1, 0.15) is 15.6 Å². The molecule has 3 aromatic heterocycles. The van der Waals surface area contributed by atoms with Gasteiger partial charge in [-0.25, -0.2) is 18.4 Å². The minimum absolute atomic E-state index is 0.171. The third-order valence-corrected chi connectivity index (χ3v) is 7.01. The van der Waals surface area contributed by atoms with E-state index < -0.39 is 10.0 Å². The Balaban J connectivity index is 1.80. The predicted molar refractivity (Wildman–Crippen MR) is 88.7 cm³/mol. The summed E-state index contributed by atoms with van der Waals surface area (Å²) < 4.78 is 28.0. The van der Waals surface area contributed by atoms with Crippen LogP contribution in [-0.2, 0) is 10.0 Å². The molecular weight excluding hydrogens is 332 g/mol. The number of nitrogens with zero attached hydrogens (tertiary/aromatic N) is 3. The van der Waals surface area contributed by atoms with E-state index in [0.29, 0.717) is 22.5 Å². The Kier molecular flexibility index (Phi) is 3.67. The molecule has 0 aromatic carbocycles. The summed E-state index contributed by atoms with van der Waals surface area (Å²) >= 11 is 1.51. The fraction of sp³-hybridized carbons (Fsp3) is 0.333. The minimum Gasteiger partial charge on any atom is -0.345 e.